The third-order valence-electron chi connectivity index (χ3n) is 3.27. The van der Waals surface area contributed by atoms with Gasteiger partial charge < -0.3 is 14.8 Å². The first-order chi connectivity index (χ1) is 11.0. The van der Waals surface area contributed by atoms with Crippen LogP contribution < -0.4 is 10.1 Å². The predicted octanol–water partition coefficient (Wildman–Crippen LogP) is 3.81. The molecule has 1 amide bonds. The van der Waals surface area contributed by atoms with Crippen molar-refractivity contribution < 1.29 is 19.1 Å². The van der Waals surface area contributed by atoms with Gasteiger partial charge in [-0.3, -0.25) is 4.79 Å². The van der Waals surface area contributed by atoms with Gasteiger partial charge in [0.2, 0.25) is 0 Å². The molecule has 0 heterocycles. The summed E-state index contributed by atoms with van der Waals surface area (Å²) < 4.78 is 10.8. The van der Waals surface area contributed by atoms with Gasteiger partial charge in [-0.2, -0.15) is 0 Å². The number of benzene rings is 2. The van der Waals surface area contributed by atoms with Gasteiger partial charge in [-0.05, 0) is 36.8 Å². The molecule has 0 saturated heterocycles. The van der Waals surface area contributed by atoms with E-state index in [-0.39, 0.29) is 11.5 Å². The fourth-order valence-corrected chi connectivity index (χ4v) is 2.81. The van der Waals surface area contributed by atoms with Crippen LogP contribution in [0.15, 0.2) is 40.9 Å². The van der Waals surface area contributed by atoms with Crippen molar-refractivity contribution in [1.29, 1.82) is 0 Å². The first kappa shape index (κ1) is 17.0. The van der Waals surface area contributed by atoms with Crippen LogP contribution in [0, 0.1) is 6.92 Å². The number of anilines is 1. The molecule has 0 unspecified atom stereocenters. The molecule has 0 aliphatic carbocycles. The molecular weight excluding hydrogens is 362 g/mol. The summed E-state index contributed by atoms with van der Waals surface area (Å²) in [6, 6.07) is 10.2. The van der Waals surface area contributed by atoms with Gasteiger partial charge in [-0.15, -0.1) is 0 Å². The molecule has 5 nitrogen and oxygen atoms in total. The topological polar surface area (TPSA) is 64.6 Å². The van der Waals surface area contributed by atoms with E-state index in [9.17, 15) is 9.59 Å². The maximum Gasteiger partial charge on any atom is 0.339 e. The van der Waals surface area contributed by atoms with Crippen LogP contribution in [0.2, 0.25) is 0 Å². The molecule has 0 saturated carbocycles. The van der Waals surface area contributed by atoms with Crippen LogP contribution in [0.5, 0.6) is 5.75 Å². The fourth-order valence-electron chi connectivity index (χ4n) is 2.24. The Morgan fingerprint density at radius 2 is 1.78 bits per heavy atom. The summed E-state index contributed by atoms with van der Waals surface area (Å²) >= 11 is 3.37. The summed E-state index contributed by atoms with van der Waals surface area (Å²) in [6.07, 6.45) is 0. The van der Waals surface area contributed by atoms with Crippen molar-refractivity contribution in [3.63, 3.8) is 0 Å². The lowest BCUT2D eigenvalue weighted by atomic mass is 10.1. The molecule has 2 aromatic rings. The van der Waals surface area contributed by atoms with Crippen molar-refractivity contribution in [1.82, 2.24) is 0 Å². The smallest absolute Gasteiger partial charge is 0.339 e. The van der Waals surface area contributed by atoms with Gasteiger partial charge in [0.05, 0.1) is 31.0 Å². The van der Waals surface area contributed by atoms with E-state index < -0.39 is 5.97 Å². The number of nitrogens with one attached hydrogen (secondary N) is 1. The molecular formula is C17H16BrNO4. The first-order valence-corrected chi connectivity index (χ1v) is 7.60. The third-order valence-corrected chi connectivity index (χ3v) is 3.73. The fraction of sp³-hybridized carbons (Fsp3) is 0.176. The van der Waals surface area contributed by atoms with Gasteiger partial charge >= 0.3 is 5.97 Å². The van der Waals surface area contributed by atoms with Gasteiger partial charge in [0.25, 0.3) is 5.91 Å². The molecule has 0 fully saturated rings. The number of esters is 1. The first-order valence-electron chi connectivity index (χ1n) is 6.80. The van der Waals surface area contributed by atoms with Crippen LogP contribution in [0.1, 0.15) is 26.3 Å². The highest BCUT2D eigenvalue weighted by molar-refractivity contribution is 9.10. The monoisotopic (exact) mass is 377 g/mol. The predicted molar refractivity (Wildman–Crippen MR) is 91.2 cm³/mol. The zero-order valence-corrected chi connectivity index (χ0v) is 14.6. The molecule has 2 rings (SSSR count). The molecule has 23 heavy (non-hydrogen) atoms. The Morgan fingerprint density at radius 3 is 2.43 bits per heavy atom. The van der Waals surface area contributed by atoms with Crippen molar-refractivity contribution in [2.75, 3.05) is 19.5 Å². The summed E-state index contributed by atoms with van der Waals surface area (Å²) in [5.74, 6) is -0.401. The second-order valence-electron chi connectivity index (χ2n) is 4.79. The number of hydrogen-bond acceptors (Lipinski definition) is 4. The number of para-hydroxylation sites is 1. The Labute approximate surface area is 142 Å². The summed E-state index contributed by atoms with van der Waals surface area (Å²) in [5.41, 5.74) is 1.87. The number of hydrogen-bond donors (Lipinski definition) is 1. The van der Waals surface area contributed by atoms with Crippen molar-refractivity contribution in [3.05, 3.63) is 57.6 Å². The molecule has 120 valence electrons. The normalized spacial score (nSPS) is 10.1. The minimum absolute atomic E-state index is 0.286. The number of carbonyl (C=O) groups excluding carboxylic acids is 2. The largest absolute Gasteiger partial charge is 0.496 e. The highest BCUT2D eigenvalue weighted by atomic mass is 79.9. The third kappa shape index (κ3) is 3.71. The highest BCUT2D eigenvalue weighted by Gasteiger charge is 2.18. The maximum atomic E-state index is 12.6. The summed E-state index contributed by atoms with van der Waals surface area (Å²) in [4.78, 5) is 24.4. The SMILES string of the molecule is COC(=O)c1ccccc1NC(=O)c1cc(Br)cc(C)c1OC. The van der Waals surface area contributed by atoms with Gasteiger partial charge in [0.1, 0.15) is 5.75 Å². The van der Waals surface area contributed by atoms with Crippen LogP contribution in [-0.4, -0.2) is 26.1 Å². The second kappa shape index (κ2) is 7.28. The van der Waals surface area contributed by atoms with Gasteiger partial charge in [0, 0.05) is 4.47 Å². The molecule has 1 N–H and O–H groups in total. The van der Waals surface area contributed by atoms with Gasteiger partial charge in [-0.1, -0.05) is 28.1 Å². The molecule has 0 aliphatic heterocycles. The van der Waals surface area contributed by atoms with E-state index in [1.54, 1.807) is 30.3 Å². The van der Waals surface area contributed by atoms with E-state index in [1.165, 1.54) is 14.2 Å². The Hall–Kier alpha value is -2.34. The Bertz CT molecular complexity index is 758. The number of amides is 1. The minimum atomic E-state index is -0.515. The lowest BCUT2D eigenvalue weighted by Crippen LogP contribution is -2.16. The van der Waals surface area contributed by atoms with E-state index in [0.717, 1.165) is 10.0 Å². The van der Waals surface area contributed by atoms with Crippen LogP contribution in [-0.2, 0) is 4.74 Å². The highest BCUT2D eigenvalue weighted by Crippen LogP contribution is 2.29. The van der Waals surface area contributed by atoms with Crippen LogP contribution in [0.4, 0.5) is 5.69 Å². The summed E-state index contributed by atoms with van der Waals surface area (Å²) in [7, 11) is 2.80. The van der Waals surface area contributed by atoms with E-state index in [1.807, 2.05) is 13.0 Å². The number of methoxy groups -OCH3 is 2. The molecule has 0 spiro atoms. The van der Waals surface area contributed by atoms with E-state index in [2.05, 4.69) is 21.2 Å². The molecule has 0 aromatic heterocycles. The number of ether oxygens (including phenoxy) is 2. The Kier molecular flexibility index (Phi) is 5.39. The molecule has 0 radical (unpaired) electrons. The van der Waals surface area contributed by atoms with Crippen molar-refractivity contribution >= 4 is 33.5 Å². The number of halogens is 1. The standard InChI is InChI=1S/C17H16BrNO4/c1-10-8-11(18)9-13(15(10)22-2)16(20)19-14-7-5-4-6-12(14)17(21)23-3/h4-9H,1-3H3,(H,19,20). The molecule has 2 aromatic carbocycles. The lowest BCUT2D eigenvalue weighted by molar-refractivity contribution is 0.0602. The van der Waals surface area contributed by atoms with Crippen molar-refractivity contribution in [2.45, 2.75) is 6.92 Å². The number of rotatable bonds is 4. The summed E-state index contributed by atoms with van der Waals surface area (Å²) in [6.45, 7) is 1.85. The van der Waals surface area contributed by atoms with Gasteiger partial charge in [0.15, 0.2) is 0 Å². The lowest BCUT2D eigenvalue weighted by Gasteiger charge is -2.14. The van der Waals surface area contributed by atoms with Crippen molar-refractivity contribution in [2.24, 2.45) is 0 Å². The van der Waals surface area contributed by atoms with E-state index in [0.29, 0.717) is 17.0 Å². The molecule has 0 bridgehead atoms. The second-order valence-corrected chi connectivity index (χ2v) is 5.71. The van der Waals surface area contributed by atoms with Crippen molar-refractivity contribution in [3.8, 4) is 5.75 Å². The Balaban J connectivity index is 2.39. The zero-order chi connectivity index (χ0) is 17.0. The minimum Gasteiger partial charge on any atom is -0.496 e. The maximum absolute atomic E-state index is 12.6. The van der Waals surface area contributed by atoms with E-state index in [4.69, 9.17) is 9.47 Å². The van der Waals surface area contributed by atoms with E-state index >= 15 is 0 Å². The molecule has 0 atom stereocenters. The average molecular weight is 378 g/mol. The quantitative estimate of drug-likeness (QED) is 0.822. The van der Waals surface area contributed by atoms with Crippen LogP contribution in [0.3, 0.4) is 0 Å². The number of aryl methyl sites for hydroxylation is 1. The Morgan fingerprint density at radius 1 is 1.09 bits per heavy atom. The average Bonchev–Trinajstić information content (AvgIpc) is 2.54. The van der Waals surface area contributed by atoms with Gasteiger partial charge in [-0.25, -0.2) is 4.79 Å². The zero-order valence-electron chi connectivity index (χ0n) is 13.0. The molecule has 0 aliphatic rings. The molecule has 6 heteroatoms. The summed E-state index contributed by atoms with van der Waals surface area (Å²) in [5, 5.41) is 2.73. The van der Waals surface area contributed by atoms with Crippen LogP contribution >= 0.6 is 15.9 Å². The van der Waals surface area contributed by atoms with Crippen LogP contribution in [0.25, 0.3) is 0 Å². The number of carbonyl (C=O) groups is 2.